The van der Waals surface area contributed by atoms with Crippen LogP contribution in [0.2, 0.25) is 0 Å². The maximum atomic E-state index is 12.4. The summed E-state index contributed by atoms with van der Waals surface area (Å²) in [7, 11) is -0.265. The zero-order valence-electron chi connectivity index (χ0n) is 7.67. The molecule has 0 saturated carbocycles. The van der Waals surface area contributed by atoms with Crippen LogP contribution in [0.4, 0.5) is 22.0 Å². The Labute approximate surface area is 96.6 Å². The van der Waals surface area contributed by atoms with Crippen LogP contribution in [0.1, 0.15) is 17.7 Å². The zero-order chi connectivity index (χ0) is 13.4. The van der Waals surface area contributed by atoms with Gasteiger partial charge in [-0.05, 0) is 6.07 Å². The molecule has 0 aliphatic carbocycles. The summed E-state index contributed by atoms with van der Waals surface area (Å²) in [5.41, 5.74) is -3.28. The van der Waals surface area contributed by atoms with Crippen LogP contribution >= 0.6 is 10.7 Å². The molecule has 0 spiro atoms. The summed E-state index contributed by atoms with van der Waals surface area (Å²) in [5.74, 6) is 0. The van der Waals surface area contributed by atoms with Crippen molar-refractivity contribution in [1.29, 1.82) is 0 Å². The van der Waals surface area contributed by atoms with Crippen molar-refractivity contribution in [2.24, 2.45) is 0 Å². The summed E-state index contributed by atoms with van der Waals surface area (Å²) in [4.78, 5) is 1.03. The third kappa shape index (κ3) is 3.03. The van der Waals surface area contributed by atoms with Crippen LogP contribution in [0.3, 0.4) is 0 Å². The molecule has 0 aromatic carbocycles. The molecule has 1 aromatic heterocycles. The monoisotopic (exact) mass is 295 g/mol. The molecule has 0 bridgehead atoms. The van der Waals surface area contributed by atoms with Gasteiger partial charge in [-0.15, -0.1) is 0 Å². The maximum Gasteiger partial charge on any atom is 0.434 e. The van der Waals surface area contributed by atoms with E-state index in [0.29, 0.717) is 12.3 Å². The molecule has 0 fully saturated rings. The van der Waals surface area contributed by atoms with Crippen molar-refractivity contribution in [3.63, 3.8) is 0 Å². The molecule has 0 unspecified atom stereocenters. The molecule has 0 saturated heterocycles. The number of aromatic nitrogens is 1. The van der Waals surface area contributed by atoms with Crippen LogP contribution < -0.4 is 0 Å². The van der Waals surface area contributed by atoms with Gasteiger partial charge in [0.25, 0.3) is 15.5 Å². The van der Waals surface area contributed by atoms with E-state index in [1.807, 2.05) is 0 Å². The lowest BCUT2D eigenvalue weighted by atomic mass is 10.2. The van der Waals surface area contributed by atoms with E-state index in [2.05, 4.69) is 4.98 Å². The number of hydrogen-bond acceptors (Lipinski definition) is 3. The van der Waals surface area contributed by atoms with E-state index in [9.17, 15) is 30.4 Å². The largest absolute Gasteiger partial charge is 0.434 e. The molecule has 1 heterocycles. The van der Waals surface area contributed by atoms with E-state index in [-0.39, 0.29) is 0 Å². The molecular formula is C7H3ClF5NO2S. The van der Waals surface area contributed by atoms with Crippen molar-refractivity contribution in [1.82, 2.24) is 4.98 Å². The Morgan fingerprint density at radius 2 is 1.82 bits per heavy atom. The Hall–Kier alpha value is -0.960. The highest BCUT2D eigenvalue weighted by molar-refractivity contribution is 8.13. The SMILES string of the molecule is O=S(=O)(Cl)c1c(C(F)F)ccnc1C(F)(F)F. The maximum absolute atomic E-state index is 12.4. The summed E-state index contributed by atoms with van der Waals surface area (Å²) < 4.78 is 83.8. The molecule has 10 heteroatoms. The third-order valence-corrected chi connectivity index (χ3v) is 3.06. The van der Waals surface area contributed by atoms with Crippen LogP contribution in [0, 0.1) is 0 Å². The van der Waals surface area contributed by atoms with Crippen LogP contribution in [0.5, 0.6) is 0 Å². The first kappa shape index (κ1) is 14.1. The lowest BCUT2D eigenvalue weighted by Crippen LogP contribution is -2.15. The second-order valence-electron chi connectivity index (χ2n) is 2.81. The Morgan fingerprint density at radius 3 is 2.18 bits per heavy atom. The number of hydrogen-bond donors (Lipinski definition) is 0. The fourth-order valence-electron chi connectivity index (χ4n) is 1.09. The highest BCUT2D eigenvalue weighted by Gasteiger charge is 2.41. The normalized spacial score (nSPS) is 13.1. The highest BCUT2D eigenvalue weighted by atomic mass is 35.7. The van der Waals surface area contributed by atoms with Crippen molar-refractivity contribution in [3.05, 3.63) is 23.5 Å². The predicted octanol–water partition coefficient (Wildman–Crippen LogP) is 2.97. The van der Waals surface area contributed by atoms with Gasteiger partial charge in [0.1, 0.15) is 4.90 Å². The van der Waals surface area contributed by atoms with Crippen molar-refractivity contribution in [2.45, 2.75) is 17.5 Å². The first-order valence-electron chi connectivity index (χ1n) is 3.84. The summed E-state index contributed by atoms with van der Waals surface area (Å²) in [5, 5.41) is 0. The minimum atomic E-state index is -5.19. The van der Waals surface area contributed by atoms with Crippen LogP contribution in [-0.2, 0) is 15.2 Å². The highest BCUT2D eigenvalue weighted by Crippen LogP contribution is 2.38. The van der Waals surface area contributed by atoms with E-state index >= 15 is 0 Å². The first-order chi connectivity index (χ1) is 7.55. The van der Waals surface area contributed by atoms with Gasteiger partial charge in [-0.2, -0.15) is 13.2 Å². The molecule has 0 radical (unpaired) electrons. The fourth-order valence-corrected chi connectivity index (χ4v) is 2.42. The molecule has 96 valence electrons. The summed E-state index contributed by atoms with van der Waals surface area (Å²) >= 11 is 0. The molecule has 0 N–H and O–H groups in total. The molecule has 0 aliphatic rings. The Bertz CT molecular complexity index is 528. The minimum absolute atomic E-state index is 0.440. The first-order valence-corrected chi connectivity index (χ1v) is 6.15. The number of halogens is 6. The smallest absolute Gasteiger partial charge is 0.250 e. The Kier molecular flexibility index (Phi) is 3.63. The van der Waals surface area contributed by atoms with Crippen molar-refractivity contribution in [2.75, 3.05) is 0 Å². The van der Waals surface area contributed by atoms with Gasteiger partial charge in [0, 0.05) is 22.4 Å². The standard InChI is InChI=1S/C7H3ClF5NO2S/c8-17(15,16)4-3(6(9)10)1-2-14-5(4)7(11,12)13/h1-2,6H. The summed E-state index contributed by atoms with van der Waals surface area (Å²) in [6.45, 7) is 0. The molecule has 3 nitrogen and oxygen atoms in total. The zero-order valence-corrected chi connectivity index (χ0v) is 9.24. The number of alkyl halides is 5. The second-order valence-corrected chi connectivity index (χ2v) is 5.32. The van der Waals surface area contributed by atoms with Gasteiger partial charge in [-0.1, -0.05) is 0 Å². The molecule has 0 atom stereocenters. The van der Waals surface area contributed by atoms with Gasteiger partial charge < -0.3 is 0 Å². The van der Waals surface area contributed by atoms with E-state index in [1.54, 1.807) is 0 Å². The van der Waals surface area contributed by atoms with Crippen molar-refractivity contribution in [3.8, 4) is 0 Å². The molecule has 1 aromatic rings. The Morgan fingerprint density at radius 1 is 1.29 bits per heavy atom. The molecule has 0 amide bonds. The van der Waals surface area contributed by atoms with Gasteiger partial charge in [0.05, 0.1) is 0 Å². The minimum Gasteiger partial charge on any atom is -0.250 e. The average Bonchev–Trinajstić information content (AvgIpc) is 2.13. The lowest BCUT2D eigenvalue weighted by molar-refractivity contribution is -0.143. The fraction of sp³-hybridized carbons (Fsp3) is 0.286. The molecular weight excluding hydrogens is 293 g/mol. The van der Waals surface area contributed by atoms with E-state index in [4.69, 9.17) is 10.7 Å². The van der Waals surface area contributed by atoms with E-state index in [1.165, 1.54) is 0 Å². The number of rotatable bonds is 2. The predicted molar refractivity (Wildman–Crippen MR) is 47.2 cm³/mol. The van der Waals surface area contributed by atoms with E-state index < -0.39 is 37.8 Å². The van der Waals surface area contributed by atoms with Crippen LogP contribution in [-0.4, -0.2) is 13.4 Å². The van der Waals surface area contributed by atoms with Gasteiger partial charge >= 0.3 is 6.18 Å². The van der Waals surface area contributed by atoms with Crippen molar-refractivity contribution < 1.29 is 30.4 Å². The van der Waals surface area contributed by atoms with Crippen LogP contribution in [0.25, 0.3) is 0 Å². The summed E-state index contributed by atoms with van der Waals surface area (Å²) in [6, 6.07) is 0.467. The van der Waals surface area contributed by atoms with Gasteiger partial charge in [0.2, 0.25) is 0 Å². The topological polar surface area (TPSA) is 47.0 Å². The van der Waals surface area contributed by atoms with Gasteiger partial charge in [-0.25, -0.2) is 17.2 Å². The summed E-state index contributed by atoms with van der Waals surface area (Å²) in [6.07, 6.45) is -8.17. The molecule has 1 rings (SSSR count). The number of nitrogens with zero attached hydrogens (tertiary/aromatic N) is 1. The molecule has 0 aliphatic heterocycles. The number of pyridine rings is 1. The Balaban J connectivity index is 3.70. The molecule has 17 heavy (non-hydrogen) atoms. The average molecular weight is 296 g/mol. The van der Waals surface area contributed by atoms with Crippen LogP contribution in [0.15, 0.2) is 17.2 Å². The third-order valence-electron chi connectivity index (χ3n) is 1.68. The second kappa shape index (κ2) is 4.37. The van der Waals surface area contributed by atoms with E-state index in [0.717, 1.165) is 0 Å². The quantitative estimate of drug-likeness (QED) is 0.622. The lowest BCUT2D eigenvalue weighted by Gasteiger charge is -2.12. The van der Waals surface area contributed by atoms with Gasteiger partial charge in [-0.3, -0.25) is 4.98 Å². The van der Waals surface area contributed by atoms with Gasteiger partial charge in [0.15, 0.2) is 5.69 Å². The van der Waals surface area contributed by atoms with Crippen molar-refractivity contribution >= 4 is 19.7 Å².